The standard InChI is InChI=1S/C12H18N2O2/c1-4-16-12(15)14-11-7-5-10(6-8-11)9(2)13-3/h5-9,13H,4H2,1-3H3,(H,14,15). The Hall–Kier alpha value is -1.55. The minimum absolute atomic E-state index is 0.302. The highest BCUT2D eigenvalue weighted by molar-refractivity contribution is 5.84. The van der Waals surface area contributed by atoms with Crippen LogP contribution in [0.3, 0.4) is 0 Å². The van der Waals surface area contributed by atoms with Crippen LogP contribution in [0.4, 0.5) is 10.5 Å². The number of amides is 1. The molecule has 0 saturated heterocycles. The van der Waals surface area contributed by atoms with Crippen LogP contribution in [0.1, 0.15) is 25.5 Å². The van der Waals surface area contributed by atoms with Gasteiger partial charge in [-0.05, 0) is 38.6 Å². The molecule has 0 aliphatic rings. The highest BCUT2D eigenvalue weighted by Gasteiger charge is 2.04. The van der Waals surface area contributed by atoms with Crippen LogP contribution in [0, 0.1) is 0 Å². The Labute approximate surface area is 96.0 Å². The molecule has 1 amide bonds. The molecule has 0 radical (unpaired) electrons. The van der Waals surface area contributed by atoms with Crippen LogP contribution in [0.25, 0.3) is 0 Å². The fourth-order valence-corrected chi connectivity index (χ4v) is 1.31. The highest BCUT2D eigenvalue weighted by Crippen LogP contribution is 2.15. The van der Waals surface area contributed by atoms with E-state index in [4.69, 9.17) is 4.74 Å². The number of ether oxygens (including phenoxy) is 1. The van der Waals surface area contributed by atoms with E-state index < -0.39 is 6.09 Å². The smallest absolute Gasteiger partial charge is 0.411 e. The molecule has 2 N–H and O–H groups in total. The van der Waals surface area contributed by atoms with E-state index in [0.717, 1.165) is 5.69 Å². The molecule has 4 heteroatoms. The lowest BCUT2D eigenvalue weighted by Gasteiger charge is -2.11. The Kier molecular flexibility index (Phi) is 4.79. The number of nitrogens with one attached hydrogen (secondary N) is 2. The van der Waals surface area contributed by atoms with Gasteiger partial charge in [0.25, 0.3) is 0 Å². The first-order valence-electron chi connectivity index (χ1n) is 5.38. The third-order valence-electron chi connectivity index (χ3n) is 2.37. The van der Waals surface area contributed by atoms with Crippen molar-refractivity contribution in [3.63, 3.8) is 0 Å². The lowest BCUT2D eigenvalue weighted by molar-refractivity contribution is 0.168. The Morgan fingerprint density at radius 3 is 2.50 bits per heavy atom. The Bertz CT molecular complexity index is 335. The second kappa shape index (κ2) is 6.12. The summed E-state index contributed by atoms with van der Waals surface area (Å²) in [5, 5.41) is 5.80. The number of carbonyl (C=O) groups is 1. The number of rotatable bonds is 4. The maximum absolute atomic E-state index is 11.1. The lowest BCUT2D eigenvalue weighted by atomic mass is 10.1. The molecule has 1 atom stereocenters. The minimum Gasteiger partial charge on any atom is -0.450 e. The van der Waals surface area contributed by atoms with E-state index in [1.807, 2.05) is 31.3 Å². The summed E-state index contributed by atoms with van der Waals surface area (Å²) in [5.41, 5.74) is 1.92. The summed E-state index contributed by atoms with van der Waals surface area (Å²) in [6.45, 7) is 4.23. The van der Waals surface area contributed by atoms with Crippen molar-refractivity contribution in [2.45, 2.75) is 19.9 Å². The maximum Gasteiger partial charge on any atom is 0.411 e. The van der Waals surface area contributed by atoms with E-state index in [0.29, 0.717) is 12.6 Å². The lowest BCUT2D eigenvalue weighted by Crippen LogP contribution is -2.14. The Balaban J connectivity index is 2.61. The van der Waals surface area contributed by atoms with Gasteiger partial charge in [-0.25, -0.2) is 4.79 Å². The van der Waals surface area contributed by atoms with Gasteiger partial charge >= 0.3 is 6.09 Å². The van der Waals surface area contributed by atoms with Crippen LogP contribution >= 0.6 is 0 Å². The Morgan fingerprint density at radius 2 is 2.00 bits per heavy atom. The van der Waals surface area contributed by atoms with E-state index in [-0.39, 0.29) is 0 Å². The monoisotopic (exact) mass is 222 g/mol. The maximum atomic E-state index is 11.1. The molecule has 0 bridgehead atoms. The molecule has 1 aromatic carbocycles. The van der Waals surface area contributed by atoms with E-state index in [1.165, 1.54) is 5.56 Å². The molecule has 1 aromatic rings. The third-order valence-corrected chi connectivity index (χ3v) is 2.37. The first kappa shape index (κ1) is 12.5. The summed E-state index contributed by atoms with van der Waals surface area (Å²) in [4.78, 5) is 11.1. The van der Waals surface area contributed by atoms with Gasteiger partial charge in [0.15, 0.2) is 0 Å². The summed E-state index contributed by atoms with van der Waals surface area (Å²) in [5.74, 6) is 0. The van der Waals surface area contributed by atoms with Gasteiger partial charge in [-0.3, -0.25) is 5.32 Å². The first-order chi connectivity index (χ1) is 7.67. The molecule has 1 rings (SSSR count). The molecule has 0 aromatic heterocycles. The van der Waals surface area contributed by atoms with Gasteiger partial charge in [0.05, 0.1) is 6.61 Å². The van der Waals surface area contributed by atoms with E-state index >= 15 is 0 Å². The van der Waals surface area contributed by atoms with E-state index in [1.54, 1.807) is 6.92 Å². The zero-order chi connectivity index (χ0) is 12.0. The van der Waals surface area contributed by atoms with Gasteiger partial charge in [-0.1, -0.05) is 12.1 Å². The molecule has 4 nitrogen and oxygen atoms in total. The molecule has 0 aliphatic heterocycles. The van der Waals surface area contributed by atoms with Crippen molar-refractivity contribution in [1.82, 2.24) is 5.32 Å². The topological polar surface area (TPSA) is 50.4 Å². The zero-order valence-electron chi connectivity index (χ0n) is 9.91. The summed E-state index contributed by atoms with van der Waals surface area (Å²) in [6.07, 6.45) is -0.420. The fraction of sp³-hybridized carbons (Fsp3) is 0.417. The molecule has 0 aliphatic carbocycles. The molecular weight excluding hydrogens is 204 g/mol. The number of hydrogen-bond acceptors (Lipinski definition) is 3. The average Bonchev–Trinajstić information content (AvgIpc) is 2.29. The van der Waals surface area contributed by atoms with Gasteiger partial charge in [0, 0.05) is 11.7 Å². The minimum atomic E-state index is -0.420. The summed E-state index contributed by atoms with van der Waals surface area (Å²) < 4.78 is 4.78. The second-order valence-electron chi connectivity index (χ2n) is 3.48. The van der Waals surface area contributed by atoms with Crippen LogP contribution in [-0.4, -0.2) is 19.7 Å². The van der Waals surface area contributed by atoms with Crippen molar-refractivity contribution in [3.8, 4) is 0 Å². The van der Waals surface area contributed by atoms with Crippen molar-refractivity contribution in [1.29, 1.82) is 0 Å². The fourth-order valence-electron chi connectivity index (χ4n) is 1.31. The molecule has 16 heavy (non-hydrogen) atoms. The largest absolute Gasteiger partial charge is 0.450 e. The summed E-state index contributed by atoms with van der Waals surface area (Å²) in [6, 6.07) is 7.97. The van der Waals surface area contributed by atoms with Crippen LogP contribution in [0.2, 0.25) is 0 Å². The van der Waals surface area contributed by atoms with Crippen LogP contribution in [0.15, 0.2) is 24.3 Å². The van der Waals surface area contributed by atoms with Gasteiger partial charge in [0.2, 0.25) is 0 Å². The van der Waals surface area contributed by atoms with E-state index in [2.05, 4.69) is 17.6 Å². The van der Waals surface area contributed by atoms with Crippen LogP contribution in [-0.2, 0) is 4.74 Å². The third kappa shape index (κ3) is 3.55. The predicted octanol–water partition coefficient (Wildman–Crippen LogP) is 2.54. The van der Waals surface area contributed by atoms with Gasteiger partial charge < -0.3 is 10.1 Å². The molecule has 0 spiro atoms. The highest BCUT2D eigenvalue weighted by atomic mass is 16.5. The first-order valence-corrected chi connectivity index (χ1v) is 5.38. The van der Waals surface area contributed by atoms with Crippen molar-refractivity contribution in [2.24, 2.45) is 0 Å². The second-order valence-corrected chi connectivity index (χ2v) is 3.48. The molecule has 0 heterocycles. The van der Waals surface area contributed by atoms with Gasteiger partial charge in [0.1, 0.15) is 0 Å². The van der Waals surface area contributed by atoms with Crippen molar-refractivity contribution in [3.05, 3.63) is 29.8 Å². The van der Waals surface area contributed by atoms with Crippen molar-refractivity contribution in [2.75, 3.05) is 19.0 Å². The van der Waals surface area contributed by atoms with Gasteiger partial charge in [-0.15, -0.1) is 0 Å². The predicted molar refractivity (Wildman–Crippen MR) is 64.6 cm³/mol. The molecule has 0 fully saturated rings. The summed E-state index contributed by atoms with van der Waals surface area (Å²) >= 11 is 0. The zero-order valence-corrected chi connectivity index (χ0v) is 9.91. The van der Waals surface area contributed by atoms with Gasteiger partial charge in [-0.2, -0.15) is 0 Å². The number of anilines is 1. The normalized spacial score (nSPS) is 11.9. The number of benzene rings is 1. The molecule has 0 saturated carbocycles. The van der Waals surface area contributed by atoms with Crippen molar-refractivity contribution < 1.29 is 9.53 Å². The SMILES string of the molecule is CCOC(=O)Nc1ccc(C(C)NC)cc1. The van der Waals surface area contributed by atoms with Crippen LogP contribution in [0.5, 0.6) is 0 Å². The number of carbonyl (C=O) groups excluding carboxylic acids is 1. The average molecular weight is 222 g/mol. The molecular formula is C12H18N2O2. The van der Waals surface area contributed by atoms with E-state index in [9.17, 15) is 4.79 Å². The molecule has 88 valence electrons. The summed E-state index contributed by atoms with van der Waals surface area (Å²) in [7, 11) is 1.91. The van der Waals surface area contributed by atoms with Crippen molar-refractivity contribution >= 4 is 11.8 Å². The Morgan fingerprint density at radius 1 is 1.38 bits per heavy atom. The van der Waals surface area contributed by atoms with Crippen LogP contribution < -0.4 is 10.6 Å². The number of hydrogen-bond donors (Lipinski definition) is 2. The quantitative estimate of drug-likeness (QED) is 0.823. The molecule has 1 unspecified atom stereocenters.